The predicted molar refractivity (Wildman–Crippen MR) is 59.4 cm³/mol. The zero-order valence-corrected chi connectivity index (χ0v) is 8.94. The number of hydrogen-bond donors (Lipinski definition) is 0. The van der Waals surface area contributed by atoms with Crippen molar-refractivity contribution >= 4 is 0 Å². The van der Waals surface area contributed by atoms with Crippen LogP contribution in [0.3, 0.4) is 0 Å². The minimum atomic E-state index is -0.244. The molecule has 0 fully saturated rings. The molecule has 0 saturated heterocycles. The Bertz CT molecular complexity index is 549. The van der Waals surface area contributed by atoms with Gasteiger partial charge in [0.15, 0.2) is 0 Å². The summed E-state index contributed by atoms with van der Waals surface area (Å²) in [4.78, 5) is 0. The summed E-state index contributed by atoms with van der Waals surface area (Å²) in [7, 11) is 0. The maximum absolute atomic E-state index is 13.1. The third-order valence-electron chi connectivity index (χ3n) is 2.60. The molecule has 0 aliphatic rings. The van der Waals surface area contributed by atoms with E-state index < -0.39 is 0 Å². The highest BCUT2D eigenvalue weighted by molar-refractivity contribution is 5.29. The molecule has 2 aromatic rings. The second kappa shape index (κ2) is 4.19. The molecule has 0 spiro atoms. The Morgan fingerprint density at radius 3 is 2.94 bits per heavy atom. The number of halogens is 1. The summed E-state index contributed by atoms with van der Waals surface area (Å²) in [6, 6.07) is 10.4. The maximum Gasteiger partial charge on any atom is 0.123 e. The Morgan fingerprint density at radius 2 is 2.19 bits per heavy atom. The fourth-order valence-electron chi connectivity index (χ4n) is 1.65. The van der Waals surface area contributed by atoms with Gasteiger partial charge in [0, 0.05) is 12.7 Å². The Kier molecular flexibility index (Phi) is 2.74. The van der Waals surface area contributed by atoms with Crippen LogP contribution in [0, 0.1) is 24.1 Å². The molecule has 80 valence electrons. The molecule has 0 unspecified atom stereocenters. The van der Waals surface area contributed by atoms with Crippen LogP contribution in [0.1, 0.15) is 16.8 Å². The molecule has 16 heavy (non-hydrogen) atoms. The van der Waals surface area contributed by atoms with Crippen molar-refractivity contribution in [3.8, 4) is 6.07 Å². The van der Waals surface area contributed by atoms with Crippen LogP contribution < -0.4 is 0 Å². The SMILES string of the molecule is Cc1ccc(F)cc1Cn1cccc1C#N. The van der Waals surface area contributed by atoms with Crippen LogP contribution in [0.5, 0.6) is 0 Å². The Balaban J connectivity index is 2.34. The third-order valence-corrected chi connectivity index (χ3v) is 2.60. The van der Waals surface area contributed by atoms with Gasteiger partial charge in [0.1, 0.15) is 17.6 Å². The molecule has 0 aliphatic carbocycles. The van der Waals surface area contributed by atoms with Gasteiger partial charge in [-0.3, -0.25) is 0 Å². The first-order valence-electron chi connectivity index (χ1n) is 5.01. The highest BCUT2D eigenvalue weighted by atomic mass is 19.1. The molecule has 0 radical (unpaired) electrons. The summed E-state index contributed by atoms with van der Waals surface area (Å²) >= 11 is 0. The monoisotopic (exact) mass is 214 g/mol. The lowest BCUT2D eigenvalue weighted by Crippen LogP contribution is -2.02. The predicted octanol–water partition coefficient (Wildman–Crippen LogP) is 2.86. The molecular weight excluding hydrogens is 203 g/mol. The van der Waals surface area contributed by atoms with E-state index in [1.807, 2.05) is 23.8 Å². The first-order valence-corrected chi connectivity index (χ1v) is 5.01. The van der Waals surface area contributed by atoms with Crippen LogP contribution in [0.15, 0.2) is 36.5 Å². The molecule has 3 heteroatoms. The van der Waals surface area contributed by atoms with Gasteiger partial charge in [-0.05, 0) is 42.3 Å². The Labute approximate surface area is 93.6 Å². The van der Waals surface area contributed by atoms with Crippen LogP contribution in [-0.2, 0) is 6.54 Å². The molecule has 1 aromatic carbocycles. The third kappa shape index (κ3) is 1.96. The van der Waals surface area contributed by atoms with Crippen molar-refractivity contribution in [2.75, 3.05) is 0 Å². The summed E-state index contributed by atoms with van der Waals surface area (Å²) in [6.45, 7) is 2.46. The lowest BCUT2D eigenvalue weighted by molar-refractivity contribution is 0.622. The van der Waals surface area contributed by atoms with Crippen molar-refractivity contribution in [3.63, 3.8) is 0 Å². The normalized spacial score (nSPS) is 10.1. The first kappa shape index (κ1) is 10.4. The van der Waals surface area contributed by atoms with Crippen LogP contribution >= 0.6 is 0 Å². The fraction of sp³-hybridized carbons (Fsp3) is 0.154. The van der Waals surface area contributed by atoms with E-state index in [4.69, 9.17) is 5.26 Å². The standard InChI is InChI=1S/C13H11FN2/c1-10-4-5-12(14)7-11(10)9-16-6-2-3-13(16)8-15/h2-7H,9H2,1H3. The second-order valence-electron chi connectivity index (χ2n) is 3.70. The highest BCUT2D eigenvalue weighted by Gasteiger charge is 2.04. The summed E-state index contributed by atoms with van der Waals surface area (Å²) in [5.41, 5.74) is 2.51. The molecular formula is C13H11FN2. The number of nitriles is 1. The first-order chi connectivity index (χ1) is 7.70. The minimum Gasteiger partial charge on any atom is -0.335 e. The van der Waals surface area contributed by atoms with Gasteiger partial charge in [-0.1, -0.05) is 6.07 Å². The average Bonchev–Trinajstić information content (AvgIpc) is 2.71. The molecule has 0 N–H and O–H groups in total. The van der Waals surface area contributed by atoms with Gasteiger partial charge in [0.25, 0.3) is 0 Å². The summed E-state index contributed by atoms with van der Waals surface area (Å²) in [5, 5.41) is 8.86. The maximum atomic E-state index is 13.1. The van der Waals surface area contributed by atoms with E-state index in [0.717, 1.165) is 11.1 Å². The fourth-order valence-corrected chi connectivity index (χ4v) is 1.65. The average molecular weight is 214 g/mol. The highest BCUT2D eigenvalue weighted by Crippen LogP contribution is 2.13. The van der Waals surface area contributed by atoms with Crippen LogP contribution in [0.25, 0.3) is 0 Å². The van der Waals surface area contributed by atoms with Crippen molar-refractivity contribution in [1.29, 1.82) is 5.26 Å². The van der Waals surface area contributed by atoms with Gasteiger partial charge in [0.05, 0.1) is 0 Å². The van der Waals surface area contributed by atoms with Gasteiger partial charge < -0.3 is 4.57 Å². The van der Waals surface area contributed by atoms with Gasteiger partial charge in [-0.25, -0.2) is 4.39 Å². The molecule has 2 nitrogen and oxygen atoms in total. The van der Waals surface area contributed by atoms with Crippen LogP contribution in [0.4, 0.5) is 4.39 Å². The summed E-state index contributed by atoms with van der Waals surface area (Å²) in [5.74, 6) is -0.244. The van der Waals surface area contributed by atoms with Crippen molar-refractivity contribution in [2.45, 2.75) is 13.5 Å². The van der Waals surface area contributed by atoms with Crippen molar-refractivity contribution in [1.82, 2.24) is 4.57 Å². The number of aryl methyl sites for hydroxylation is 1. The zero-order valence-electron chi connectivity index (χ0n) is 8.94. The lowest BCUT2D eigenvalue weighted by Gasteiger charge is -2.08. The van der Waals surface area contributed by atoms with E-state index in [1.54, 1.807) is 12.1 Å². The van der Waals surface area contributed by atoms with Crippen LogP contribution in [0.2, 0.25) is 0 Å². The number of aromatic nitrogens is 1. The van der Waals surface area contributed by atoms with Crippen molar-refractivity contribution in [3.05, 3.63) is 59.2 Å². The van der Waals surface area contributed by atoms with E-state index in [2.05, 4.69) is 6.07 Å². The van der Waals surface area contributed by atoms with E-state index >= 15 is 0 Å². The Hall–Kier alpha value is -2.08. The summed E-state index contributed by atoms with van der Waals surface area (Å²) < 4.78 is 14.9. The number of rotatable bonds is 2. The smallest absolute Gasteiger partial charge is 0.123 e. The van der Waals surface area contributed by atoms with E-state index in [-0.39, 0.29) is 5.82 Å². The quantitative estimate of drug-likeness (QED) is 0.755. The van der Waals surface area contributed by atoms with E-state index in [1.165, 1.54) is 12.1 Å². The second-order valence-corrected chi connectivity index (χ2v) is 3.70. The largest absolute Gasteiger partial charge is 0.335 e. The van der Waals surface area contributed by atoms with Gasteiger partial charge in [0.2, 0.25) is 0 Å². The van der Waals surface area contributed by atoms with Crippen molar-refractivity contribution < 1.29 is 4.39 Å². The van der Waals surface area contributed by atoms with Gasteiger partial charge >= 0.3 is 0 Å². The molecule has 1 aromatic heterocycles. The summed E-state index contributed by atoms with van der Waals surface area (Å²) in [6.07, 6.45) is 1.82. The van der Waals surface area contributed by atoms with E-state index in [0.29, 0.717) is 12.2 Å². The van der Waals surface area contributed by atoms with Gasteiger partial charge in [-0.15, -0.1) is 0 Å². The number of hydrogen-bond acceptors (Lipinski definition) is 1. The molecule has 0 saturated carbocycles. The number of benzene rings is 1. The van der Waals surface area contributed by atoms with E-state index in [9.17, 15) is 4.39 Å². The Morgan fingerprint density at radius 1 is 1.38 bits per heavy atom. The molecule has 0 amide bonds. The topological polar surface area (TPSA) is 28.7 Å². The molecule has 1 heterocycles. The van der Waals surface area contributed by atoms with Crippen LogP contribution in [-0.4, -0.2) is 4.57 Å². The van der Waals surface area contributed by atoms with Gasteiger partial charge in [-0.2, -0.15) is 5.26 Å². The molecule has 2 rings (SSSR count). The lowest BCUT2D eigenvalue weighted by atomic mass is 10.1. The molecule has 0 aliphatic heterocycles. The molecule has 0 bridgehead atoms. The number of nitrogens with zero attached hydrogens (tertiary/aromatic N) is 2. The van der Waals surface area contributed by atoms with Crippen molar-refractivity contribution in [2.24, 2.45) is 0 Å². The molecule has 0 atom stereocenters. The minimum absolute atomic E-state index is 0.244. The zero-order chi connectivity index (χ0) is 11.5.